The molecule has 0 saturated carbocycles. The van der Waals surface area contributed by atoms with E-state index in [2.05, 4.69) is 39.6 Å². The van der Waals surface area contributed by atoms with Crippen LogP contribution in [-0.4, -0.2) is 4.98 Å². The molecule has 1 heterocycles. The molecule has 2 heteroatoms. The van der Waals surface area contributed by atoms with Gasteiger partial charge in [-0.1, -0.05) is 27.7 Å². The highest BCUT2D eigenvalue weighted by Gasteiger charge is 2.54. The highest BCUT2D eigenvalue weighted by atomic mass is 32.1. The molecule has 0 saturated heterocycles. The fraction of sp³-hybridized carbons (Fsp3) is 0.700. The Labute approximate surface area is 77.8 Å². The summed E-state index contributed by atoms with van der Waals surface area (Å²) in [4.78, 5) is 6.06. The highest BCUT2D eigenvalue weighted by molar-refractivity contribution is 7.12. The van der Waals surface area contributed by atoms with E-state index in [4.69, 9.17) is 0 Å². The van der Waals surface area contributed by atoms with E-state index in [0.717, 1.165) is 0 Å². The first kappa shape index (κ1) is 8.24. The topological polar surface area (TPSA) is 12.9 Å². The molecule has 0 aliphatic heterocycles. The Balaban J connectivity index is 2.63. The van der Waals surface area contributed by atoms with Gasteiger partial charge in [0.25, 0.3) is 0 Å². The van der Waals surface area contributed by atoms with Crippen molar-refractivity contribution in [3.8, 4) is 0 Å². The minimum atomic E-state index is 0.271. The number of thiazole rings is 1. The molecule has 1 aliphatic rings. The summed E-state index contributed by atoms with van der Waals surface area (Å²) >= 11 is 1.85. The fourth-order valence-corrected chi connectivity index (χ4v) is 3.13. The normalized spacial score (nSPS) is 23.1. The van der Waals surface area contributed by atoms with E-state index in [9.17, 15) is 0 Å². The van der Waals surface area contributed by atoms with Crippen molar-refractivity contribution >= 4 is 11.3 Å². The zero-order chi connectivity index (χ0) is 9.15. The first-order valence-electron chi connectivity index (χ1n) is 4.36. The lowest BCUT2D eigenvalue weighted by molar-refractivity contribution is 0.242. The molecule has 2 rings (SSSR count). The van der Waals surface area contributed by atoms with Crippen LogP contribution in [0.2, 0.25) is 0 Å². The van der Waals surface area contributed by atoms with Gasteiger partial charge in [0, 0.05) is 15.7 Å². The maximum Gasteiger partial charge on any atom is 0.0900 e. The van der Waals surface area contributed by atoms with Crippen molar-refractivity contribution in [2.45, 2.75) is 45.4 Å². The van der Waals surface area contributed by atoms with Gasteiger partial charge in [0.05, 0.1) is 10.7 Å². The number of hydrogen-bond acceptors (Lipinski definition) is 2. The first-order chi connectivity index (χ1) is 5.37. The van der Waals surface area contributed by atoms with E-state index in [-0.39, 0.29) is 5.41 Å². The Morgan fingerprint density at radius 1 is 1.08 bits per heavy atom. The second-order valence-corrected chi connectivity index (χ2v) is 5.86. The Morgan fingerprint density at radius 3 is 2.17 bits per heavy atom. The lowest BCUT2D eigenvalue weighted by atomic mass is 9.55. The number of rotatable bonds is 0. The van der Waals surface area contributed by atoms with Crippen LogP contribution in [0.25, 0.3) is 0 Å². The van der Waals surface area contributed by atoms with Gasteiger partial charge in [0.1, 0.15) is 0 Å². The van der Waals surface area contributed by atoms with Crippen LogP contribution < -0.4 is 0 Å². The summed E-state index contributed by atoms with van der Waals surface area (Å²) in [5, 5.41) is 1.21. The van der Waals surface area contributed by atoms with Crippen LogP contribution in [0.15, 0.2) is 0 Å². The molecule has 66 valence electrons. The van der Waals surface area contributed by atoms with Crippen molar-refractivity contribution in [2.24, 2.45) is 0 Å². The molecule has 0 spiro atoms. The zero-order valence-corrected chi connectivity index (χ0v) is 9.17. The molecule has 0 N–H and O–H groups in total. The largest absolute Gasteiger partial charge is 0.246 e. The monoisotopic (exact) mass is 181 g/mol. The second kappa shape index (κ2) is 1.92. The molecule has 0 radical (unpaired) electrons. The lowest BCUT2D eigenvalue weighted by Gasteiger charge is -2.50. The lowest BCUT2D eigenvalue weighted by Crippen LogP contribution is -2.50. The van der Waals surface area contributed by atoms with Crippen molar-refractivity contribution in [1.82, 2.24) is 4.98 Å². The van der Waals surface area contributed by atoms with Crippen LogP contribution in [0, 0.1) is 6.92 Å². The average molecular weight is 181 g/mol. The van der Waals surface area contributed by atoms with Gasteiger partial charge in [0.15, 0.2) is 0 Å². The molecular weight excluding hydrogens is 166 g/mol. The average Bonchev–Trinajstić information content (AvgIpc) is 2.30. The number of hydrogen-bond donors (Lipinski definition) is 0. The SMILES string of the molecule is Cc1nc2c(s1)C(C)(C)C2(C)C. The first-order valence-corrected chi connectivity index (χ1v) is 5.17. The van der Waals surface area contributed by atoms with Gasteiger partial charge >= 0.3 is 0 Å². The summed E-state index contributed by atoms with van der Waals surface area (Å²) in [6.07, 6.45) is 0. The summed E-state index contributed by atoms with van der Waals surface area (Å²) in [6, 6.07) is 0. The third-order valence-corrected chi connectivity index (χ3v) is 4.75. The van der Waals surface area contributed by atoms with Crippen LogP contribution >= 0.6 is 11.3 Å². The Morgan fingerprint density at radius 2 is 1.67 bits per heavy atom. The highest BCUT2D eigenvalue weighted by Crippen LogP contribution is 2.57. The number of nitrogens with zero attached hydrogens (tertiary/aromatic N) is 1. The second-order valence-electron chi connectivity index (χ2n) is 4.66. The fourth-order valence-electron chi connectivity index (χ4n) is 1.79. The predicted octanol–water partition coefficient (Wildman–Crippen LogP) is 3.02. The number of fused-ring (bicyclic) bond motifs is 1. The minimum Gasteiger partial charge on any atom is -0.246 e. The van der Waals surface area contributed by atoms with Gasteiger partial charge < -0.3 is 0 Å². The summed E-state index contributed by atoms with van der Waals surface area (Å²) in [7, 11) is 0. The molecule has 1 aromatic rings. The quantitative estimate of drug-likeness (QED) is 0.599. The van der Waals surface area contributed by atoms with Crippen molar-refractivity contribution in [3.63, 3.8) is 0 Å². The van der Waals surface area contributed by atoms with Gasteiger partial charge in [-0.3, -0.25) is 0 Å². The van der Waals surface area contributed by atoms with E-state index < -0.39 is 0 Å². The molecule has 12 heavy (non-hydrogen) atoms. The molecule has 0 unspecified atom stereocenters. The molecule has 1 nitrogen and oxygen atoms in total. The predicted molar refractivity (Wildman–Crippen MR) is 52.9 cm³/mol. The van der Waals surface area contributed by atoms with Crippen LogP contribution in [-0.2, 0) is 10.8 Å². The third kappa shape index (κ3) is 0.674. The van der Waals surface area contributed by atoms with Gasteiger partial charge in [-0.15, -0.1) is 11.3 Å². The molecule has 0 fully saturated rings. The van der Waals surface area contributed by atoms with E-state index in [1.54, 1.807) is 0 Å². The Hall–Kier alpha value is -0.370. The van der Waals surface area contributed by atoms with E-state index in [1.807, 2.05) is 11.3 Å². The molecule has 1 aromatic heterocycles. The molecular formula is C10H15NS. The summed E-state index contributed by atoms with van der Waals surface area (Å²) in [6.45, 7) is 11.3. The maximum absolute atomic E-state index is 4.56. The summed E-state index contributed by atoms with van der Waals surface area (Å²) < 4.78 is 0. The van der Waals surface area contributed by atoms with E-state index in [0.29, 0.717) is 5.41 Å². The molecule has 0 bridgehead atoms. The summed E-state index contributed by atoms with van der Waals surface area (Å²) in [5.74, 6) is 0. The van der Waals surface area contributed by atoms with Crippen molar-refractivity contribution in [3.05, 3.63) is 15.6 Å². The molecule has 0 atom stereocenters. The molecule has 1 aliphatic carbocycles. The van der Waals surface area contributed by atoms with Crippen LogP contribution in [0.5, 0.6) is 0 Å². The summed E-state index contributed by atoms with van der Waals surface area (Å²) in [5.41, 5.74) is 1.93. The standard InChI is InChI=1S/C10H15NS/c1-6-11-7-8(12-6)10(4,5)9(7,2)3/h1-5H3. The van der Waals surface area contributed by atoms with Gasteiger partial charge in [-0.25, -0.2) is 4.98 Å². The van der Waals surface area contributed by atoms with Gasteiger partial charge in [-0.2, -0.15) is 0 Å². The minimum absolute atomic E-state index is 0.271. The van der Waals surface area contributed by atoms with Crippen LogP contribution in [0.4, 0.5) is 0 Å². The maximum atomic E-state index is 4.56. The van der Waals surface area contributed by atoms with E-state index >= 15 is 0 Å². The van der Waals surface area contributed by atoms with Gasteiger partial charge in [-0.05, 0) is 6.92 Å². The van der Waals surface area contributed by atoms with Crippen molar-refractivity contribution in [1.29, 1.82) is 0 Å². The molecule has 0 amide bonds. The zero-order valence-electron chi connectivity index (χ0n) is 8.36. The van der Waals surface area contributed by atoms with Crippen molar-refractivity contribution in [2.75, 3.05) is 0 Å². The number of aryl methyl sites for hydroxylation is 1. The van der Waals surface area contributed by atoms with Crippen molar-refractivity contribution < 1.29 is 0 Å². The van der Waals surface area contributed by atoms with Gasteiger partial charge in [0.2, 0.25) is 0 Å². The molecule has 0 aromatic carbocycles. The van der Waals surface area contributed by atoms with Crippen LogP contribution in [0.1, 0.15) is 43.3 Å². The van der Waals surface area contributed by atoms with Crippen LogP contribution in [0.3, 0.4) is 0 Å². The smallest absolute Gasteiger partial charge is 0.0900 e. The third-order valence-electron chi connectivity index (χ3n) is 3.46. The van der Waals surface area contributed by atoms with E-state index in [1.165, 1.54) is 15.6 Å². The Bertz CT molecular complexity index is 302. The number of aromatic nitrogens is 1. The Kier molecular flexibility index (Phi) is 1.32.